The van der Waals surface area contributed by atoms with Crippen LogP contribution >= 0.6 is 11.8 Å². The number of aryl methyl sites for hydroxylation is 3. The zero-order chi connectivity index (χ0) is 18.6. The number of nitrogens with zero attached hydrogens (tertiary/aromatic N) is 3. The number of thioether (sulfide) groups is 1. The first-order valence-electron chi connectivity index (χ1n) is 7.98. The highest BCUT2D eigenvalue weighted by molar-refractivity contribution is 8.08. The second-order valence-corrected chi connectivity index (χ2v) is 6.92. The lowest BCUT2D eigenvalue weighted by atomic mass is 10.1. The van der Waals surface area contributed by atoms with E-state index in [4.69, 9.17) is 4.42 Å². The van der Waals surface area contributed by atoms with Crippen LogP contribution in [-0.2, 0) is 0 Å². The van der Waals surface area contributed by atoms with E-state index in [2.05, 4.69) is 41.3 Å². The molecule has 0 saturated heterocycles. The van der Waals surface area contributed by atoms with E-state index >= 15 is 0 Å². The fraction of sp³-hybridized carbons (Fsp3) is 0.250. The van der Waals surface area contributed by atoms with Crippen molar-refractivity contribution in [2.45, 2.75) is 39.6 Å². The molecule has 2 aromatic rings. The molecule has 0 unspecified atom stereocenters. The molecule has 0 saturated carbocycles. The number of rotatable bonds is 6. The van der Waals surface area contributed by atoms with Gasteiger partial charge in [0.1, 0.15) is 5.03 Å². The molecule has 0 aromatic carbocycles. The molecule has 2 rings (SSSR count). The van der Waals surface area contributed by atoms with Crippen LogP contribution in [0.2, 0.25) is 0 Å². The average Bonchev–Trinajstić information content (AvgIpc) is 3.02. The Labute approximate surface area is 153 Å². The second-order valence-electron chi connectivity index (χ2n) is 5.84. The largest absolute Gasteiger partial charge is 0.416 e. The molecule has 0 aliphatic heterocycles. The number of hydrogen-bond acceptors (Lipinski definition) is 5. The van der Waals surface area contributed by atoms with Gasteiger partial charge < -0.3 is 4.42 Å². The first kappa shape index (κ1) is 18.9. The van der Waals surface area contributed by atoms with E-state index in [1.165, 1.54) is 17.3 Å². The van der Waals surface area contributed by atoms with E-state index in [9.17, 15) is 0 Å². The van der Waals surface area contributed by atoms with Crippen molar-refractivity contribution < 1.29 is 4.42 Å². The fourth-order valence-corrected chi connectivity index (χ4v) is 2.92. The van der Waals surface area contributed by atoms with Gasteiger partial charge in [0.25, 0.3) is 5.89 Å². The minimum atomic E-state index is 0.395. The molecule has 4 nitrogen and oxygen atoms in total. The Balaban J connectivity index is 2.26. The Hall–Kier alpha value is -2.40. The van der Waals surface area contributed by atoms with Crippen LogP contribution in [-0.4, -0.2) is 15.2 Å². The molecule has 0 atom stereocenters. The standard InChI is InChI=1S/C20H23N3OS/c1-8-9-10-17(12(2)3)19-23-22-18(24-19)16(7)25-20-14(5)11-13(4)15(6)21-20/h8-11H,2,7H2,1,3-6H3/b9-8-,17-10+. The van der Waals surface area contributed by atoms with Crippen molar-refractivity contribution in [2.24, 2.45) is 0 Å². The highest BCUT2D eigenvalue weighted by atomic mass is 32.2. The Morgan fingerprint density at radius 2 is 1.80 bits per heavy atom. The fourth-order valence-electron chi connectivity index (χ4n) is 2.12. The molecule has 0 aliphatic rings. The normalized spacial score (nSPS) is 12.0. The molecule has 0 aliphatic carbocycles. The van der Waals surface area contributed by atoms with Gasteiger partial charge in [-0.1, -0.05) is 43.1 Å². The topological polar surface area (TPSA) is 51.8 Å². The molecule has 2 heterocycles. The van der Waals surface area contributed by atoms with Crippen LogP contribution in [0.15, 0.2) is 52.5 Å². The highest BCUT2D eigenvalue weighted by Crippen LogP contribution is 2.34. The van der Waals surface area contributed by atoms with Crippen molar-refractivity contribution in [1.82, 2.24) is 15.2 Å². The predicted molar refractivity (Wildman–Crippen MR) is 105 cm³/mol. The van der Waals surface area contributed by atoms with Crippen molar-refractivity contribution in [1.29, 1.82) is 0 Å². The third-order valence-electron chi connectivity index (χ3n) is 3.64. The molecule has 0 spiro atoms. The van der Waals surface area contributed by atoms with E-state index in [1.54, 1.807) is 0 Å². The third-order valence-corrected chi connectivity index (χ3v) is 4.67. The van der Waals surface area contributed by atoms with Gasteiger partial charge in [0.2, 0.25) is 5.89 Å². The van der Waals surface area contributed by atoms with Crippen molar-refractivity contribution >= 4 is 22.2 Å². The number of pyridine rings is 1. The quantitative estimate of drug-likeness (QED) is 0.493. The van der Waals surface area contributed by atoms with Crippen molar-refractivity contribution in [2.75, 3.05) is 0 Å². The Morgan fingerprint density at radius 1 is 1.12 bits per heavy atom. The van der Waals surface area contributed by atoms with Crippen LogP contribution in [0.5, 0.6) is 0 Å². The van der Waals surface area contributed by atoms with Crippen LogP contribution in [0.1, 0.15) is 42.4 Å². The molecule has 0 radical (unpaired) electrons. The maximum Gasteiger partial charge on any atom is 0.254 e. The number of hydrogen-bond donors (Lipinski definition) is 0. The highest BCUT2D eigenvalue weighted by Gasteiger charge is 2.16. The van der Waals surface area contributed by atoms with Gasteiger partial charge >= 0.3 is 0 Å². The second kappa shape index (κ2) is 8.12. The molecular formula is C20H23N3OS. The van der Waals surface area contributed by atoms with E-state index in [1.807, 2.05) is 45.9 Å². The van der Waals surface area contributed by atoms with Crippen molar-refractivity contribution in [3.05, 3.63) is 71.6 Å². The Kier molecular flexibility index (Phi) is 6.15. The van der Waals surface area contributed by atoms with Crippen molar-refractivity contribution in [3.63, 3.8) is 0 Å². The molecule has 130 valence electrons. The lowest BCUT2D eigenvalue weighted by Gasteiger charge is -2.08. The molecule has 0 fully saturated rings. The molecule has 0 N–H and O–H groups in total. The summed E-state index contributed by atoms with van der Waals surface area (Å²) in [6.07, 6.45) is 5.76. The van der Waals surface area contributed by atoms with Gasteiger partial charge in [-0.05, 0) is 57.4 Å². The molecule has 2 aromatic heterocycles. The Morgan fingerprint density at radius 3 is 2.44 bits per heavy atom. The summed E-state index contributed by atoms with van der Waals surface area (Å²) < 4.78 is 5.80. The van der Waals surface area contributed by atoms with E-state index < -0.39 is 0 Å². The van der Waals surface area contributed by atoms with Crippen LogP contribution in [0.4, 0.5) is 0 Å². The summed E-state index contributed by atoms with van der Waals surface area (Å²) in [5, 5.41) is 9.16. The summed E-state index contributed by atoms with van der Waals surface area (Å²) in [4.78, 5) is 5.30. The summed E-state index contributed by atoms with van der Waals surface area (Å²) in [7, 11) is 0. The lowest BCUT2D eigenvalue weighted by molar-refractivity contribution is 0.528. The number of aromatic nitrogens is 3. The zero-order valence-corrected chi connectivity index (χ0v) is 16.2. The van der Waals surface area contributed by atoms with Crippen LogP contribution < -0.4 is 0 Å². The Bertz CT molecular complexity index is 875. The zero-order valence-electron chi connectivity index (χ0n) is 15.4. The minimum Gasteiger partial charge on any atom is -0.416 e. The van der Waals surface area contributed by atoms with Gasteiger partial charge in [0.05, 0.1) is 4.91 Å². The van der Waals surface area contributed by atoms with Crippen LogP contribution in [0, 0.1) is 20.8 Å². The summed E-state index contributed by atoms with van der Waals surface area (Å²) in [5.41, 5.74) is 4.96. The molecular weight excluding hydrogens is 330 g/mol. The SMILES string of the molecule is C=C(C)/C(=C\C=C/C)c1nnc(C(=C)Sc2nc(C)c(C)cc2C)o1. The van der Waals surface area contributed by atoms with E-state index in [-0.39, 0.29) is 0 Å². The average molecular weight is 353 g/mol. The van der Waals surface area contributed by atoms with Gasteiger partial charge in [-0.2, -0.15) is 0 Å². The predicted octanol–water partition coefficient (Wildman–Crippen LogP) is 5.69. The maximum absolute atomic E-state index is 5.80. The smallest absolute Gasteiger partial charge is 0.254 e. The molecule has 5 heteroatoms. The van der Waals surface area contributed by atoms with Crippen LogP contribution in [0.25, 0.3) is 10.5 Å². The van der Waals surface area contributed by atoms with Crippen molar-refractivity contribution in [3.8, 4) is 0 Å². The van der Waals surface area contributed by atoms with E-state index in [0.29, 0.717) is 16.7 Å². The molecule has 25 heavy (non-hydrogen) atoms. The third kappa shape index (κ3) is 4.57. The van der Waals surface area contributed by atoms with Gasteiger partial charge in [-0.3, -0.25) is 0 Å². The first-order chi connectivity index (χ1) is 11.8. The molecule has 0 bridgehead atoms. The molecule has 0 amide bonds. The number of allylic oxidation sites excluding steroid dienone is 5. The van der Waals surface area contributed by atoms with E-state index in [0.717, 1.165) is 27.4 Å². The van der Waals surface area contributed by atoms with Gasteiger partial charge in [0, 0.05) is 11.3 Å². The maximum atomic E-state index is 5.80. The lowest BCUT2D eigenvalue weighted by Crippen LogP contribution is -1.93. The monoisotopic (exact) mass is 353 g/mol. The minimum absolute atomic E-state index is 0.395. The van der Waals surface area contributed by atoms with Crippen LogP contribution in [0.3, 0.4) is 0 Å². The van der Waals surface area contributed by atoms with Gasteiger partial charge in [-0.25, -0.2) is 4.98 Å². The van der Waals surface area contributed by atoms with Gasteiger partial charge in [-0.15, -0.1) is 10.2 Å². The summed E-state index contributed by atoms with van der Waals surface area (Å²) in [5.74, 6) is 0.833. The summed E-state index contributed by atoms with van der Waals surface area (Å²) >= 11 is 1.44. The summed E-state index contributed by atoms with van der Waals surface area (Å²) in [6.45, 7) is 18.0. The summed E-state index contributed by atoms with van der Waals surface area (Å²) in [6, 6.07) is 2.12. The first-order valence-corrected chi connectivity index (χ1v) is 8.79. The van der Waals surface area contributed by atoms with Gasteiger partial charge in [0.15, 0.2) is 0 Å².